The zero-order chi connectivity index (χ0) is 32.4. The minimum absolute atomic E-state index is 0.145. The zero-order valence-corrected chi connectivity index (χ0v) is 26.9. The molecule has 0 aliphatic heterocycles. The van der Waals surface area contributed by atoms with Gasteiger partial charge < -0.3 is 14.2 Å². The number of esters is 2. The molecule has 0 spiro atoms. The summed E-state index contributed by atoms with van der Waals surface area (Å²) >= 11 is 0. The monoisotopic (exact) mass is 616 g/mol. The highest BCUT2D eigenvalue weighted by molar-refractivity contribution is 5.89. The van der Waals surface area contributed by atoms with Crippen LogP contribution in [0, 0.1) is 5.92 Å². The van der Waals surface area contributed by atoms with Crippen LogP contribution in [0.1, 0.15) is 77.7 Å². The molecule has 0 saturated carbocycles. The molecule has 0 heterocycles. The summed E-state index contributed by atoms with van der Waals surface area (Å²) in [4.78, 5) is 23.9. The van der Waals surface area contributed by atoms with Crippen molar-refractivity contribution in [3.05, 3.63) is 143 Å². The highest BCUT2D eigenvalue weighted by Gasteiger charge is 2.11. The highest BCUT2D eigenvalue weighted by Crippen LogP contribution is 2.25. The average molecular weight is 617 g/mol. The fourth-order valence-electron chi connectivity index (χ4n) is 5.10. The fourth-order valence-corrected chi connectivity index (χ4v) is 5.10. The Morgan fingerprint density at radius 1 is 0.674 bits per heavy atom. The van der Waals surface area contributed by atoms with Crippen molar-refractivity contribution in [1.82, 2.24) is 0 Å². The van der Waals surface area contributed by atoms with Gasteiger partial charge in [-0.3, -0.25) is 4.79 Å². The standard InChI is InChI=1S/C41H44O5/c1-3-44-40(42)17-11-8-14-34(30-35-25-28-38(29-26-35)41(43)45-4-2)24-27-37-15-9-10-16-39(37)46-31-36-22-20-33(21-23-36)19-18-32-12-6-5-7-13-32/h5-7,9-10,12-13,15-16,18-29,34H,3-4,8,11,14,17,30-31H2,1-2H3. The second kappa shape index (κ2) is 18.8. The number of para-hydroxylation sites is 1. The lowest BCUT2D eigenvalue weighted by atomic mass is 9.92. The van der Waals surface area contributed by atoms with Crippen molar-refractivity contribution in [3.63, 3.8) is 0 Å². The first-order chi connectivity index (χ1) is 22.5. The summed E-state index contributed by atoms with van der Waals surface area (Å²) in [5.41, 5.74) is 6.11. The summed E-state index contributed by atoms with van der Waals surface area (Å²) in [5.74, 6) is 0.609. The number of benzene rings is 4. The topological polar surface area (TPSA) is 61.8 Å². The van der Waals surface area contributed by atoms with Gasteiger partial charge in [0.05, 0.1) is 18.8 Å². The minimum Gasteiger partial charge on any atom is -0.488 e. The first-order valence-corrected chi connectivity index (χ1v) is 16.2. The van der Waals surface area contributed by atoms with Gasteiger partial charge in [0.1, 0.15) is 12.4 Å². The minimum atomic E-state index is -0.308. The Morgan fingerprint density at radius 3 is 2.04 bits per heavy atom. The van der Waals surface area contributed by atoms with Gasteiger partial charge in [-0.25, -0.2) is 4.79 Å². The molecular weight excluding hydrogens is 572 g/mol. The van der Waals surface area contributed by atoms with Crippen molar-refractivity contribution < 1.29 is 23.8 Å². The summed E-state index contributed by atoms with van der Waals surface area (Å²) in [6.07, 6.45) is 12.4. The van der Waals surface area contributed by atoms with Gasteiger partial charge in [-0.05, 0) is 79.5 Å². The van der Waals surface area contributed by atoms with Gasteiger partial charge in [0, 0.05) is 12.0 Å². The quantitative estimate of drug-likeness (QED) is 0.0672. The molecular formula is C41H44O5. The molecule has 46 heavy (non-hydrogen) atoms. The van der Waals surface area contributed by atoms with Crippen molar-refractivity contribution in [1.29, 1.82) is 0 Å². The molecule has 4 rings (SSSR count). The van der Waals surface area contributed by atoms with Crippen molar-refractivity contribution >= 4 is 30.2 Å². The van der Waals surface area contributed by atoms with E-state index in [1.807, 2.05) is 67.6 Å². The molecule has 4 aromatic rings. The van der Waals surface area contributed by atoms with E-state index >= 15 is 0 Å². The van der Waals surface area contributed by atoms with Crippen LogP contribution in [0.5, 0.6) is 5.75 Å². The van der Waals surface area contributed by atoms with E-state index in [2.05, 4.69) is 66.8 Å². The predicted octanol–water partition coefficient (Wildman–Crippen LogP) is 9.61. The average Bonchev–Trinajstić information content (AvgIpc) is 3.09. The highest BCUT2D eigenvalue weighted by atomic mass is 16.5. The lowest BCUT2D eigenvalue weighted by Gasteiger charge is -2.14. The summed E-state index contributed by atoms with van der Waals surface area (Å²) in [5, 5.41) is 0. The molecule has 0 aliphatic rings. The Balaban J connectivity index is 1.40. The zero-order valence-electron chi connectivity index (χ0n) is 26.9. The summed E-state index contributed by atoms with van der Waals surface area (Å²) in [6.45, 7) is 4.86. The summed E-state index contributed by atoms with van der Waals surface area (Å²) in [7, 11) is 0. The van der Waals surface area contributed by atoms with Crippen LogP contribution < -0.4 is 4.74 Å². The maximum Gasteiger partial charge on any atom is 0.338 e. The van der Waals surface area contributed by atoms with Gasteiger partial charge in [-0.15, -0.1) is 0 Å². The third-order valence-corrected chi connectivity index (χ3v) is 7.58. The van der Waals surface area contributed by atoms with Gasteiger partial charge in [-0.1, -0.05) is 116 Å². The Bertz CT molecular complexity index is 1550. The first kappa shape index (κ1) is 34.0. The number of carbonyl (C=O) groups is 2. The molecule has 0 bridgehead atoms. The number of unbranched alkanes of at least 4 members (excludes halogenated alkanes) is 1. The van der Waals surface area contributed by atoms with Crippen molar-refractivity contribution in [2.45, 2.75) is 52.6 Å². The van der Waals surface area contributed by atoms with Crippen LogP contribution >= 0.6 is 0 Å². The van der Waals surface area contributed by atoms with E-state index in [9.17, 15) is 9.59 Å². The van der Waals surface area contributed by atoms with Gasteiger partial charge in [0.2, 0.25) is 0 Å². The van der Waals surface area contributed by atoms with E-state index in [0.717, 1.165) is 53.7 Å². The van der Waals surface area contributed by atoms with E-state index in [1.54, 1.807) is 6.92 Å². The third kappa shape index (κ3) is 11.6. The molecule has 0 fully saturated rings. The molecule has 1 unspecified atom stereocenters. The number of ether oxygens (including phenoxy) is 3. The van der Waals surface area contributed by atoms with E-state index in [4.69, 9.17) is 14.2 Å². The number of rotatable bonds is 17. The van der Waals surface area contributed by atoms with E-state index in [1.165, 1.54) is 5.56 Å². The van der Waals surface area contributed by atoms with Crippen molar-refractivity contribution in [2.75, 3.05) is 13.2 Å². The maximum absolute atomic E-state index is 12.1. The molecule has 0 radical (unpaired) electrons. The van der Waals surface area contributed by atoms with E-state index in [0.29, 0.717) is 31.8 Å². The molecule has 0 aliphatic carbocycles. The molecule has 0 saturated heterocycles. The van der Waals surface area contributed by atoms with Gasteiger partial charge in [0.15, 0.2) is 0 Å². The molecule has 4 aromatic carbocycles. The van der Waals surface area contributed by atoms with Crippen molar-refractivity contribution in [3.8, 4) is 5.75 Å². The molecule has 5 heteroatoms. The Hall–Kier alpha value is -4.90. The molecule has 0 aromatic heterocycles. The number of carbonyl (C=O) groups excluding carboxylic acids is 2. The predicted molar refractivity (Wildman–Crippen MR) is 186 cm³/mol. The van der Waals surface area contributed by atoms with Crippen LogP contribution in [0.3, 0.4) is 0 Å². The fraction of sp³-hybridized carbons (Fsp3) is 0.268. The summed E-state index contributed by atoms with van der Waals surface area (Å²) in [6, 6.07) is 34.4. The molecule has 5 nitrogen and oxygen atoms in total. The second-order valence-corrected chi connectivity index (χ2v) is 11.1. The van der Waals surface area contributed by atoms with E-state index in [-0.39, 0.29) is 17.9 Å². The number of hydrogen-bond acceptors (Lipinski definition) is 5. The van der Waals surface area contributed by atoms with Crippen molar-refractivity contribution in [2.24, 2.45) is 5.92 Å². The van der Waals surface area contributed by atoms with Crippen LogP contribution in [0.4, 0.5) is 0 Å². The van der Waals surface area contributed by atoms with E-state index < -0.39 is 0 Å². The Kier molecular flexibility index (Phi) is 13.9. The first-order valence-electron chi connectivity index (χ1n) is 16.2. The Labute approximate surface area is 273 Å². The lowest BCUT2D eigenvalue weighted by Crippen LogP contribution is -2.06. The third-order valence-electron chi connectivity index (χ3n) is 7.58. The normalized spacial score (nSPS) is 11.9. The maximum atomic E-state index is 12.1. The number of allylic oxidation sites excluding steroid dienone is 1. The largest absolute Gasteiger partial charge is 0.488 e. The molecule has 0 amide bonds. The van der Waals surface area contributed by atoms with Crippen LogP contribution in [-0.2, 0) is 27.3 Å². The molecule has 238 valence electrons. The van der Waals surface area contributed by atoms with Gasteiger partial charge >= 0.3 is 11.9 Å². The summed E-state index contributed by atoms with van der Waals surface area (Å²) < 4.78 is 16.5. The molecule has 0 N–H and O–H groups in total. The van der Waals surface area contributed by atoms with Crippen LogP contribution in [-0.4, -0.2) is 25.2 Å². The number of hydrogen-bond donors (Lipinski definition) is 0. The van der Waals surface area contributed by atoms with Gasteiger partial charge in [-0.2, -0.15) is 0 Å². The van der Waals surface area contributed by atoms with Crippen LogP contribution in [0.15, 0.2) is 109 Å². The lowest BCUT2D eigenvalue weighted by molar-refractivity contribution is -0.143. The van der Waals surface area contributed by atoms with Crippen LogP contribution in [0.2, 0.25) is 0 Å². The van der Waals surface area contributed by atoms with Crippen LogP contribution in [0.25, 0.3) is 18.2 Å². The van der Waals surface area contributed by atoms with Gasteiger partial charge in [0.25, 0.3) is 0 Å². The smallest absolute Gasteiger partial charge is 0.338 e. The second-order valence-electron chi connectivity index (χ2n) is 11.1. The molecule has 1 atom stereocenters. The SMILES string of the molecule is CCOC(=O)CCCCC(C=Cc1ccccc1OCc1ccc(C=Cc2ccccc2)cc1)Cc1ccc(C(=O)OCC)cc1. The Morgan fingerprint density at radius 2 is 1.33 bits per heavy atom.